The molecule has 2 aromatic carbocycles. The van der Waals surface area contributed by atoms with Crippen molar-refractivity contribution in [1.29, 1.82) is 0 Å². The molecule has 0 bridgehead atoms. The molecule has 1 fully saturated rings. The fourth-order valence-corrected chi connectivity index (χ4v) is 5.47. The maximum atomic E-state index is 13.0. The molecule has 1 unspecified atom stereocenters. The second-order valence-corrected chi connectivity index (χ2v) is 9.09. The average Bonchev–Trinajstić information content (AvgIpc) is 3.05. The predicted molar refractivity (Wildman–Crippen MR) is 101 cm³/mol. The first-order valence-corrected chi connectivity index (χ1v) is 10.4. The first-order valence-electron chi connectivity index (χ1n) is 8.98. The summed E-state index contributed by atoms with van der Waals surface area (Å²) < 4.78 is 32.6. The zero-order valence-electron chi connectivity index (χ0n) is 15.1. The Morgan fingerprint density at radius 3 is 2.56 bits per heavy atom. The van der Waals surface area contributed by atoms with E-state index in [0.717, 1.165) is 18.4 Å². The summed E-state index contributed by atoms with van der Waals surface area (Å²) in [7, 11) is -2.07. The maximum absolute atomic E-state index is 13.0. The van der Waals surface area contributed by atoms with Crippen LogP contribution in [0.2, 0.25) is 0 Å². The lowest BCUT2D eigenvalue weighted by Crippen LogP contribution is -2.50. The largest absolute Gasteiger partial charge is 0.497 e. The van der Waals surface area contributed by atoms with Crippen molar-refractivity contribution in [2.24, 2.45) is 0 Å². The van der Waals surface area contributed by atoms with Gasteiger partial charge in [0.1, 0.15) is 5.75 Å². The molecule has 0 radical (unpaired) electrons. The minimum atomic E-state index is -3.61. The number of hydrogen-bond donors (Lipinski definition) is 1. The summed E-state index contributed by atoms with van der Waals surface area (Å²) in [5.41, 5.74) is 1.18. The topological polar surface area (TPSA) is 75.7 Å². The van der Waals surface area contributed by atoms with Gasteiger partial charge in [-0.2, -0.15) is 4.31 Å². The standard InChI is InChI=1S/C20H22N2O4S/c1-26-16-6-8-17(9-7-16)27(24,25)22-13-12-20(14-22)11-10-15-4-2-3-5-18(15)19(23)21-20/h2-9H,10-14H2,1H3,(H,21,23). The van der Waals surface area contributed by atoms with E-state index in [1.807, 2.05) is 24.3 Å². The number of nitrogens with zero attached hydrogens (tertiary/aromatic N) is 1. The van der Waals surface area contributed by atoms with Crippen molar-refractivity contribution in [2.45, 2.75) is 29.7 Å². The highest BCUT2D eigenvalue weighted by atomic mass is 32.2. The molecule has 7 heteroatoms. The first-order chi connectivity index (χ1) is 12.9. The smallest absolute Gasteiger partial charge is 0.252 e. The zero-order valence-corrected chi connectivity index (χ0v) is 16.0. The quantitative estimate of drug-likeness (QED) is 0.878. The number of nitrogens with one attached hydrogen (secondary N) is 1. The van der Waals surface area contributed by atoms with Crippen LogP contribution in [0.25, 0.3) is 0 Å². The SMILES string of the molecule is COc1ccc(S(=O)(=O)N2CCC3(CCc4ccccc4C(=O)N3)C2)cc1. The maximum Gasteiger partial charge on any atom is 0.252 e. The van der Waals surface area contributed by atoms with Crippen LogP contribution in [0.1, 0.15) is 28.8 Å². The third-order valence-corrected chi connectivity index (χ3v) is 7.39. The molecule has 4 rings (SSSR count). The van der Waals surface area contributed by atoms with Gasteiger partial charge < -0.3 is 10.1 Å². The minimum absolute atomic E-state index is 0.119. The number of ether oxygens (including phenoxy) is 1. The van der Waals surface area contributed by atoms with Crippen molar-refractivity contribution in [1.82, 2.24) is 9.62 Å². The number of fused-ring (bicyclic) bond motifs is 1. The molecule has 1 atom stereocenters. The number of hydrogen-bond acceptors (Lipinski definition) is 4. The predicted octanol–water partition coefficient (Wildman–Crippen LogP) is 2.20. The third kappa shape index (κ3) is 3.21. The lowest BCUT2D eigenvalue weighted by atomic mass is 9.92. The number of amides is 1. The Balaban J connectivity index is 1.57. The van der Waals surface area contributed by atoms with Crippen molar-refractivity contribution in [3.05, 3.63) is 59.7 Å². The van der Waals surface area contributed by atoms with Gasteiger partial charge in [0, 0.05) is 18.7 Å². The Kier molecular flexibility index (Phi) is 4.44. The Hall–Kier alpha value is -2.38. The molecule has 0 aliphatic carbocycles. The number of aryl methyl sites for hydroxylation is 1. The number of sulfonamides is 1. The highest BCUT2D eigenvalue weighted by Crippen LogP contribution is 2.33. The highest BCUT2D eigenvalue weighted by Gasteiger charge is 2.45. The molecule has 27 heavy (non-hydrogen) atoms. The van der Waals surface area contributed by atoms with E-state index in [1.54, 1.807) is 31.4 Å². The van der Waals surface area contributed by atoms with E-state index in [9.17, 15) is 13.2 Å². The number of rotatable bonds is 3. The molecule has 0 aromatic heterocycles. The molecule has 2 aliphatic rings. The van der Waals surface area contributed by atoms with Crippen molar-refractivity contribution >= 4 is 15.9 Å². The Labute approximate surface area is 159 Å². The summed E-state index contributed by atoms with van der Waals surface area (Å²) in [6.45, 7) is 0.687. The van der Waals surface area contributed by atoms with Crippen molar-refractivity contribution in [3.8, 4) is 5.75 Å². The molecule has 0 saturated carbocycles. The lowest BCUT2D eigenvalue weighted by molar-refractivity contribution is 0.0906. The molecule has 2 heterocycles. The van der Waals surface area contributed by atoms with Crippen LogP contribution >= 0.6 is 0 Å². The molecule has 1 saturated heterocycles. The zero-order chi connectivity index (χ0) is 19.1. The summed E-state index contributed by atoms with van der Waals surface area (Å²) in [6.07, 6.45) is 2.10. The first kappa shape index (κ1) is 18.0. The Morgan fingerprint density at radius 2 is 1.81 bits per heavy atom. The number of carbonyl (C=O) groups excluding carboxylic acids is 1. The molecule has 1 N–H and O–H groups in total. The summed E-state index contributed by atoms with van der Waals surface area (Å²) in [4.78, 5) is 12.9. The second-order valence-electron chi connectivity index (χ2n) is 7.16. The van der Waals surface area contributed by atoms with Crippen LogP contribution in [0.4, 0.5) is 0 Å². The lowest BCUT2D eigenvalue weighted by Gasteiger charge is -2.29. The van der Waals surface area contributed by atoms with Gasteiger partial charge in [0.15, 0.2) is 0 Å². The number of methoxy groups -OCH3 is 1. The third-order valence-electron chi connectivity index (χ3n) is 5.53. The minimum Gasteiger partial charge on any atom is -0.497 e. The van der Waals surface area contributed by atoms with Crippen LogP contribution in [-0.4, -0.2) is 44.4 Å². The fraction of sp³-hybridized carbons (Fsp3) is 0.350. The van der Waals surface area contributed by atoms with E-state index in [-0.39, 0.29) is 10.8 Å². The molecular formula is C20H22N2O4S. The van der Waals surface area contributed by atoms with Gasteiger partial charge in [-0.15, -0.1) is 0 Å². The Bertz CT molecular complexity index is 972. The van der Waals surface area contributed by atoms with Gasteiger partial charge >= 0.3 is 0 Å². The van der Waals surface area contributed by atoms with Gasteiger partial charge in [-0.25, -0.2) is 8.42 Å². The van der Waals surface area contributed by atoms with E-state index in [1.165, 1.54) is 4.31 Å². The normalized spacial score (nSPS) is 22.9. The highest BCUT2D eigenvalue weighted by molar-refractivity contribution is 7.89. The molecule has 142 valence electrons. The summed E-state index contributed by atoms with van der Waals surface area (Å²) in [6, 6.07) is 14.0. The van der Waals surface area contributed by atoms with Gasteiger partial charge in [0.2, 0.25) is 10.0 Å². The summed E-state index contributed by atoms with van der Waals surface area (Å²) in [5, 5.41) is 3.12. The van der Waals surface area contributed by atoms with Crippen LogP contribution in [-0.2, 0) is 16.4 Å². The molecule has 2 aromatic rings. The monoisotopic (exact) mass is 386 g/mol. The van der Waals surface area contributed by atoms with Gasteiger partial charge in [0.25, 0.3) is 5.91 Å². The van der Waals surface area contributed by atoms with Crippen LogP contribution in [0.5, 0.6) is 5.75 Å². The summed E-state index contributed by atoms with van der Waals surface area (Å²) >= 11 is 0. The number of carbonyl (C=O) groups is 1. The van der Waals surface area contributed by atoms with E-state index < -0.39 is 15.6 Å². The van der Waals surface area contributed by atoms with E-state index in [0.29, 0.717) is 30.8 Å². The van der Waals surface area contributed by atoms with Crippen LogP contribution < -0.4 is 10.1 Å². The molecule has 2 aliphatic heterocycles. The van der Waals surface area contributed by atoms with Crippen LogP contribution in [0.3, 0.4) is 0 Å². The van der Waals surface area contributed by atoms with Crippen LogP contribution in [0, 0.1) is 0 Å². The average molecular weight is 386 g/mol. The van der Waals surface area contributed by atoms with E-state index >= 15 is 0 Å². The molecule has 1 spiro atoms. The van der Waals surface area contributed by atoms with Gasteiger partial charge in [0.05, 0.1) is 17.5 Å². The van der Waals surface area contributed by atoms with Crippen LogP contribution in [0.15, 0.2) is 53.4 Å². The van der Waals surface area contributed by atoms with Gasteiger partial charge in [-0.1, -0.05) is 18.2 Å². The molecule has 6 nitrogen and oxygen atoms in total. The van der Waals surface area contributed by atoms with Crippen molar-refractivity contribution < 1.29 is 17.9 Å². The number of benzene rings is 2. The summed E-state index contributed by atoms with van der Waals surface area (Å²) in [5.74, 6) is 0.493. The molecular weight excluding hydrogens is 364 g/mol. The van der Waals surface area contributed by atoms with Crippen molar-refractivity contribution in [2.75, 3.05) is 20.2 Å². The van der Waals surface area contributed by atoms with Crippen molar-refractivity contribution in [3.63, 3.8) is 0 Å². The van der Waals surface area contributed by atoms with Gasteiger partial charge in [-0.05, 0) is 55.2 Å². The second kappa shape index (κ2) is 6.65. The van der Waals surface area contributed by atoms with E-state index in [4.69, 9.17) is 4.74 Å². The Morgan fingerprint density at radius 1 is 1.07 bits per heavy atom. The molecule has 1 amide bonds. The fourth-order valence-electron chi connectivity index (χ4n) is 3.95. The van der Waals surface area contributed by atoms with E-state index in [2.05, 4.69) is 5.32 Å². The van der Waals surface area contributed by atoms with Gasteiger partial charge in [-0.3, -0.25) is 4.79 Å².